The zero-order chi connectivity index (χ0) is 16.8. The maximum atomic E-state index is 5.26. The Morgan fingerprint density at radius 1 is 1.04 bits per heavy atom. The van der Waals surface area contributed by atoms with E-state index in [-0.39, 0.29) is 0 Å². The largest absolute Gasteiger partial charge is 0.497 e. The van der Waals surface area contributed by atoms with Gasteiger partial charge < -0.3 is 15.4 Å². The van der Waals surface area contributed by atoms with Gasteiger partial charge in [-0.1, -0.05) is 6.07 Å². The highest BCUT2D eigenvalue weighted by atomic mass is 16.5. The molecule has 24 heavy (non-hydrogen) atoms. The van der Waals surface area contributed by atoms with Gasteiger partial charge in [0.05, 0.1) is 12.8 Å². The second-order valence-corrected chi connectivity index (χ2v) is 5.09. The monoisotopic (exact) mass is 321 g/mol. The van der Waals surface area contributed by atoms with E-state index in [2.05, 4.69) is 25.6 Å². The third-order valence-corrected chi connectivity index (χ3v) is 3.38. The summed E-state index contributed by atoms with van der Waals surface area (Å²) < 4.78 is 5.26. The molecule has 0 saturated heterocycles. The SMILES string of the molecule is CCNc1nc(Nc2cccc(OC)c2)cc(-c2ccncc2)n1. The van der Waals surface area contributed by atoms with Gasteiger partial charge in [-0.25, -0.2) is 4.98 Å². The standard InChI is InChI=1S/C18H19N5O/c1-3-20-18-22-16(13-7-9-19-10-8-13)12-17(23-18)21-14-5-4-6-15(11-14)24-2/h4-12H,3H2,1-2H3,(H2,20,21,22,23). The van der Waals surface area contributed by atoms with Gasteiger partial charge in [-0.15, -0.1) is 0 Å². The molecule has 0 amide bonds. The summed E-state index contributed by atoms with van der Waals surface area (Å²) in [6, 6.07) is 13.5. The highest BCUT2D eigenvalue weighted by molar-refractivity contribution is 5.67. The first-order chi connectivity index (χ1) is 11.8. The number of methoxy groups -OCH3 is 1. The number of hydrogen-bond acceptors (Lipinski definition) is 6. The molecule has 0 saturated carbocycles. The number of hydrogen-bond donors (Lipinski definition) is 2. The van der Waals surface area contributed by atoms with Crippen molar-refractivity contribution in [1.82, 2.24) is 15.0 Å². The van der Waals surface area contributed by atoms with Crippen LogP contribution in [0.4, 0.5) is 17.5 Å². The molecule has 0 fully saturated rings. The van der Waals surface area contributed by atoms with Crippen LogP contribution in [0, 0.1) is 0 Å². The van der Waals surface area contributed by atoms with Crippen molar-refractivity contribution >= 4 is 17.5 Å². The minimum absolute atomic E-state index is 0.581. The van der Waals surface area contributed by atoms with Crippen molar-refractivity contribution in [3.8, 4) is 17.0 Å². The lowest BCUT2D eigenvalue weighted by Crippen LogP contribution is -2.05. The number of nitrogens with zero attached hydrogens (tertiary/aromatic N) is 3. The van der Waals surface area contributed by atoms with Crippen LogP contribution < -0.4 is 15.4 Å². The molecule has 1 aromatic carbocycles. The Balaban J connectivity index is 1.95. The molecule has 0 bridgehead atoms. The molecule has 3 aromatic rings. The number of benzene rings is 1. The smallest absolute Gasteiger partial charge is 0.225 e. The van der Waals surface area contributed by atoms with Crippen LogP contribution in [0.5, 0.6) is 5.75 Å². The summed E-state index contributed by atoms with van der Waals surface area (Å²) in [7, 11) is 1.65. The van der Waals surface area contributed by atoms with Crippen molar-refractivity contribution in [2.45, 2.75) is 6.92 Å². The van der Waals surface area contributed by atoms with Crippen LogP contribution in [0.3, 0.4) is 0 Å². The predicted octanol–water partition coefficient (Wildman–Crippen LogP) is 3.72. The molecule has 2 N–H and O–H groups in total. The summed E-state index contributed by atoms with van der Waals surface area (Å²) in [6.07, 6.45) is 3.50. The van der Waals surface area contributed by atoms with Crippen molar-refractivity contribution in [1.29, 1.82) is 0 Å². The van der Waals surface area contributed by atoms with Crippen molar-refractivity contribution in [3.05, 3.63) is 54.9 Å². The van der Waals surface area contributed by atoms with Gasteiger partial charge >= 0.3 is 0 Å². The molecule has 0 atom stereocenters. The maximum Gasteiger partial charge on any atom is 0.225 e. The molecule has 0 unspecified atom stereocenters. The number of anilines is 3. The van der Waals surface area contributed by atoms with Crippen LogP contribution in [0.1, 0.15) is 6.92 Å². The predicted molar refractivity (Wildman–Crippen MR) is 95.7 cm³/mol. The van der Waals surface area contributed by atoms with E-state index in [0.29, 0.717) is 11.8 Å². The van der Waals surface area contributed by atoms with E-state index >= 15 is 0 Å². The molecule has 0 aliphatic carbocycles. The first-order valence-electron chi connectivity index (χ1n) is 7.73. The van der Waals surface area contributed by atoms with E-state index in [1.54, 1.807) is 19.5 Å². The fourth-order valence-electron chi connectivity index (χ4n) is 2.27. The quantitative estimate of drug-likeness (QED) is 0.721. The van der Waals surface area contributed by atoms with Gasteiger partial charge in [0.2, 0.25) is 5.95 Å². The van der Waals surface area contributed by atoms with Crippen molar-refractivity contribution in [2.24, 2.45) is 0 Å². The normalized spacial score (nSPS) is 10.2. The van der Waals surface area contributed by atoms with Gasteiger partial charge in [-0.2, -0.15) is 4.98 Å². The van der Waals surface area contributed by atoms with Crippen LogP contribution in [0.25, 0.3) is 11.3 Å². The van der Waals surface area contributed by atoms with Crippen molar-refractivity contribution in [3.63, 3.8) is 0 Å². The summed E-state index contributed by atoms with van der Waals surface area (Å²) in [5, 5.41) is 6.46. The average molecular weight is 321 g/mol. The lowest BCUT2D eigenvalue weighted by atomic mass is 10.2. The second kappa shape index (κ2) is 7.41. The molecule has 6 nitrogen and oxygen atoms in total. The van der Waals surface area contributed by atoms with E-state index < -0.39 is 0 Å². The van der Waals surface area contributed by atoms with Crippen LogP contribution in [-0.4, -0.2) is 28.6 Å². The fourth-order valence-corrected chi connectivity index (χ4v) is 2.27. The molecule has 3 rings (SSSR count). The van der Waals surface area contributed by atoms with E-state index in [4.69, 9.17) is 4.74 Å². The summed E-state index contributed by atoms with van der Waals surface area (Å²) in [6.45, 7) is 2.76. The van der Waals surface area contributed by atoms with Crippen LogP contribution in [0.2, 0.25) is 0 Å². The van der Waals surface area contributed by atoms with E-state index in [1.165, 1.54) is 0 Å². The fraction of sp³-hybridized carbons (Fsp3) is 0.167. The van der Waals surface area contributed by atoms with E-state index in [1.807, 2.05) is 49.4 Å². The third-order valence-electron chi connectivity index (χ3n) is 3.38. The lowest BCUT2D eigenvalue weighted by Gasteiger charge is -2.11. The number of rotatable bonds is 6. The molecule has 6 heteroatoms. The van der Waals surface area contributed by atoms with E-state index in [9.17, 15) is 0 Å². The average Bonchev–Trinajstić information content (AvgIpc) is 2.63. The molecular formula is C18H19N5O. The summed E-state index contributed by atoms with van der Waals surface area (Å²) in [5.74, 6) is 2.08. The van der Waals surface area contributed by atoms with Gasteiger partial charge in [-0.05, 0) is 31.2 Å². The zero-order valence-corrected chi connectivity index (χ0v) is 13.7. The Kier molecular flexibility index (Phi) is 4.86. The minimum atomic E-state index is 0.581. The minimum Gasteiger partial charge on any atom is -0.497 e. The van der Waals surface area contributed by atoms with Crippen LogP contribution >= 0.6 is 0 Å². The Bertz CT molecular complexity index is 808. The highest BCUT2D eigenvalue weighted by Gasteiger charge is 2.07. The highest BCUT2D eigenvalue weighted by Crippen LogP contribution is 2.24. The molecular weight excluding hydrogens is 302 g/mol. The van der Waals surface area contributed by atoms with Gasteiger partial charge in [0.1, 0.15) is 11.6 Å². The first kappa shape index (κ1) is 15.7. The lowest BCUT2D eigenvalue weighted by molar-refractivity contribution is 0.415. The Hall–Kier alpha value is -3.15. The number of ether oxygens (including phenoxy) is 1. The second-order valence-electron chi connectivity index (χ2n) is 5.09. The van der Waals surface area contributed by atoms with Gasteiger partial charge in [-0.3, -0.25) is 4.98 Å². The number of pyridine rings is 1. The molecule has 0 aliphatic heterocycles. The summed E-state index contributed by atoms with van der Waals surface area (Å²) in [4.78, 5) is 13.1. The Morgan fingerprint density at radius 2 is 1.88 bits per heavy atom. The molecule has 2 heterocycles. The number of nitrogens with one attached hydrogen (secondary N) is 2. The Labute approximate surface area is 141 Å². The van der Waals surface area contributed by atoms with Crippen LogP contribution in [-0.2, 0) is 0 Å². The molecule has 2 aromatic heterocycles. The van der Waals surface area contributed by atoms with Crippen molar-refractivity contribution < 1.29 is 4.74 Å². The third kappa shape index (κ3) is 3.78. The molecule has 0 spiro atoms. The van der Waals surface area contributed by atoms with Crippen molar-refractivity contribution in [2.75, 3.05) is 24.3 Å². The van der Waals surface area contributed by atoms with Gasteiger partial charge in [0, 0.05) is 42.3 Å². The molecule has 0 aliphatic rings. The topological polar surface area (TPSA) is 72.0 Å². The first-order valence-corrected chi connectivity index (χ1v) is 7.73. The molecule has 0 radical (unpaired) electrons. The molecule has 122 valence electrons. The maximum absolute atomic E-state index is 5.26. The van der Waals surface area contributed by atoms with E-state index in [0.717, 1.165) is 29.2 Å². The van der Waals surface area contributed by atoms with Gasteiger partial charge in [0.15, 0.2) is 0 Å². The summed E-state index contributed by atoms with van der Waals surface area (Å²) >= 11 is 0. The zero-order valence-electron chi connectivity index (χ0n) is 13.7. The van der Waals surface area contributed by atoms with Crippen LogP contribution in [0.15, 0.2) is 54.9 Å². The summed E-state index contributed by atoms with van der Waals surface area (Å²) in [5.41, 5.74) is 2.71. The van der Waals surface area contributed by atoms with Gasteiger partial charge in [0.25, 0.3) is 0 Å². The Morgan fingerprint density at radius 3 is 2.62 bits per heavy atom. The number of aromatic nitrogens is 3.